The zero-order valence-corrected chi connectivity index (χ0v) is 12.7. The summed E-state index contributed by atoms with van der Waals surface area (Å²) in [5.74, 6) is -0.269. The van der Waals surface area contributed by atoms with Crippen LogP contribution in [0.25, 0.3) is 0 Å². The van der Waals surface area contributed by atoms with Crippen molar-refractivity contribution in [3.63, 3.8) is 0 Å². The molecule has 22 heavy (non-hydrogen) atoms. The average Bonchev–Trinajstić information content (AvgIpc) is 3.06. The summed E-state index contributed by atoms with van der Waals surface area (Å²) >= 11 is 0. The third-order valence-electron chi connectivity index (χ3n) is 2.82. The van der Waals surface area contributed by atoms with Gasteiger partial charge in [-0.05, 0) is 19.1 Å². The maximum Gasteiger partial charge on any atom is 0.339 e. The number of carbonyl (C=O) groups is 1. The third kappa shape index (κ3) is 3.56. The van der Waals surface area contributed by atoms with Crippen molar-refractivity contribution in [3.05, 3.63) is 41.5 Å². The van der Waals surface area contributed by atoms with Gasteiger partial charge in [-0.2, -0.15) is 4.72 Å². The minimum atomic E-state index is -4.05. The fraction of sp³-hybridized carbons (Fsp3) is 0.308. The van der Waals surface area contributed by atoms with Gasteiger partial charge >= 0.3 is 5.97 Å². The van der Waals surface area contributed by atoms with Crippen LogP contribution in [0.3, 0.4) is 0 Å². The van der Waals surface area contributed by atoms with E-state index >= 15 is 0 Å². The number of hydrogen-bond acceptors (Lipinski definition) is 6. The standard InChI is InChI=1S/C13H15NO7S/c1-8-3-4-11(21-8)10(7-19-2)14-22(17,18)12-5-9(6-20-12)13(15)16/h3-6,10,14H,7H2,1-2H3,(H,15,16). The van der Waals surface area contributed by atoms with Crippen LogP contribution in [-0.4, -0.2) is 33.2 Å². The van der Waals surface area contributed by atoms with Crippen molar-refractivity contribution >= 4 is 16.0 Å². The highest BCUT2D eigenvalue weighted by Crippen LogP contribution is 2.21. The summed E-state index contributed by atoms with van der Waals surface area (Å²) < 4.78 is 42.0. The van der Waals surface area contributed by atoms with Crippen molar-refractivity contribution in [2.75, 3.05) is 13.7 Å². The second-order valence-corrected chi connectivity index (χ2v) is 6.18. The van der Waals surface area contributed by atoms with Gasteiger partial charge in [-0.1, -0.05) is 0 Å². The monoisotopic (exact) mass is 329 g/mol. The third-order valence-corrected chi connectivity index (χ3v) is 4.16. The second-order valence-electron chi connectivity index (χ2n) is 4.54. The summed E-state index contributed by atoms with van der Waals surface area (Å²) in [5.41, 5.74) is -0.252. The van der Waals surface area contributed by atoms with Crippen LogP contribution in [-0.2, 0) is 14.8 Å². The molecule has 120 valence electrons. The molecule has 0 radical (unpaired) electrons. The zero-order valence-electron chi connectivity index (χ0n) is 11.9. The van der Waals surface area contributed by atoms with E-state index in [9.17, 15) is 13.2 Å². The number of carboxylic acids is 1. The van der Waals surface area contributed by atoms with Gasteiger partial charge < -0.3 is 18.7 Å². The van der Waals surface area contributed by atoms with Crippen LogP contribution >= 0.6 is 0 Å². The molecule has 0 saturated heterocycles. The molecule has 0 aliphatic carbocycles. The summed E-state index contributed by atoms with van der Waals surface area (Å²) in [6.45, 7) is 1.77. The molecule has 0 spiro atoms. The smallest absolute Gasteiger partial charge is 0.339 e. The van der Waals surface area contributed by atoms with E-state index in [1.165, 1.54) is 7.11 Å². The predicted octanol–water partition coefficient (Wildman–Crippen LogP) is 1.55. The maximum absolute atomic E-state index is 12.2. The summed E-state index contributed by atoms with van der Waals surface area (Å²) in [6, 6.07) is 3.50. The summed E-state index contributed by atoms with van der Waals surface area (Å²) in [4.78, 5) is 10.8. The van der Waals surface area contributed by atoms with E-state index in [0.29, 0.717) is 11.5 Å². The van der Waals surface area contributed by atoms with E-state index in [0.717, 1.165) is 12.3 Å². The molecule has 1 unspecified atom stereocenters. The molecule has 0 fully saturated rings. The van der Waals surface area contributed by atoms with Gasteiger partial charge in [0.2, 0.25) is 5.09 Å². The molecule has 8 nitrogen and oxygen atoms in total. The van der Waals surface area contributed by atoms with Crippen molar-refractivity contribution < 1.29 is 31.9 Å². The van der Waals surface area contributed by atoms with Crippen LogP contribution in [0.2, 0.25) is 0 Å². The number of sulfonamides is 1. The van der Waals surface area contributed by atoms with Crippen molar-refractivity contribution in [2.24, 2.45) is 0 Å². The summed E-state index contributed by atoms with van der Waals surface area (Å²) in [6.07, 6.45) is 0.860. The highest BCUT2D eigenvalue weighted by atomic mass is 32.2. The first kappa shape index (κ1) is 16.3. The van der Waals surface area contributed by atoms with Crippen LogP contribution in [0, 0.1) is 6.92 Å². The van der Waals surface area contributed by atoms with E-state index in [1.807, 2.05) is 0 Å². The van der Waals surface area contributed by atoms with Crippen molar-refractivity contribution in [2.45, 2.75) is 18.1 Å². The number of furan rings is 2. The van der Waals surface area contributed by atoms with Crippen LogP contribution in [0.5, 0.6) is 0 Å². The lowest BCUT2D eigenvalue weighted by Gasteiger charge is -2.14. The van der Waals surface area contributed by atoms with Gasteiger partial charge in [-0.15, -0.1) is 0 Å². The Bertz CT molecular complexity index is 759. The summed E-state index contributed by atoms with van der Waals surface area (Å²) in [7, 11) is -2.63. The molecule has 0 aromatic carbocycles. The lowest BCUT2D eigenvalue weighted by molar-refractivity contribution is 0.0696. The maximum atomic E-state index is 12.2. The van der Waals surface area contributed by atoms with Gasteiger partial charge in [0.1, 0.15) is 23.8 Å². The minimum Gasteiger partial charge on any atom is -0.478 e. The first-order valence-electron chi connectivity index (χ1n) is 6.23. The number of methoxy groups -OCH3 is 1. The lowest BCUT2D eigenvalue weighted by Crippen LogP contribution is -2.31. The first-order valence-corrected chi connectivity index (χ1v) is 7.71. The molecular weight excluding hydrogens is 314 g/mol. The van der Waals surface area contributed by atoms with E-state index < -0.39 is 27.1 Å². The molecule has 2 heterocycles. The number of rotatable bonds is 7. The molecule has 2 aromatic rings. The topological polar surface area (TPSA) is 119 Å². The minimum absolute atomic E-state index is 0.0404. The number of aromatic carboxylic acids is 1. The van der Waals surface area contributed by atoms with Gasteiger partial charge in [0.25, 0.3) is 10.0 Å². The highest BCUT2D eigenvalue weighted by molar-refractivity contribution is 7.89. The molecule has 0 amide bonds. The largest absolute Gasteiger partial charge is 0.478 e. The molecular formula is C13H15NO7S. The molecule has 2 rings (SSSR count). The van der Waals surface area contributed by atoms with E-state index in [4.69, 9.17) is 18.7 Å². The van der Waals surface area contributed by atoms with E-state index in [-0.39, 0.29) is 12.2 Å². The molecule has 0 saturated carbocycles. The number of nitrogens with one attached hydrogen (secondary N) is 1. The number of hydrogen-bond donors (Lipinski definition) is 2. The van der Waals surface area contributed by atoms with Crippen LogP contribution < -0.4 is 4.72 Å². The number of aryl methyl sites for hydroxylation is 1. The predicted molar refractivity (Wildman–Crippen MR) is 74.1 cm³/mol. The first-order chi connectivity index (χ1) is 10.3. The van der Waals surface area contributed by atoms with Crippen molar-refractivity contribution in [1.82, 2.24) is 4.72 Å². The molecule has 1 atom stereocenters. The van der Waals surface area contributed by atoms with Crippen LogP contribution in [0.1, 0.15) is 27.9 Å². The normalized spacial score (nSPS) is 13.2. The lowest BCUT2D eigenvalue weighted by atomic mass is 10.2. The molecule has 0 bridgehead atoms. The van der Waals surface area contributed by atoms with Crippen LogP contribution in [0.4, 0.5) is 0 Å². The van der Waals surface area contributed by atoms with Gasteiger partial charge in [0.05, 0.1) is 12.2 Å². The van der Waals surface area contributed by atoms with E-state index in [2.05, 4.69) is 4.72 Å². The molecule has 0 aliphatic rings. The van der Waals surface area contributed by atoms with Gasteiger partial charge in [0.15, 0.2) is 0 Å². The second kappa shape index (κ2) is 6.34. The highest BCUT2D eigenvalue weighted by Gasteiger charge is 2.27. The molecule has 2 aromatic heterocycles. The average molecular weight is 329 g/mol. The van der Waals surface area contributed by atoms with Crippen molar-refractivity contribution in [1.29, 1.82) is 0 Å². The molecule has 2 N–H and O–H groups in total. The Labute approximate surface area is 126 Å². The Balaban J connectivity index is 2.25. The van der Waals surface area contributed by atoms with Gasteiger partial charge in [0, 0.05) is 13.2 Å². The number of ether oxygens (including phenoxy) is 1. The number of carboxylic acid groups (broad SMARTS) is 1. The summed E-state index contributed by atoms with van der Waals surface area (Å²) in [5, 5.41) is 8.31. The Morgan fingerprint density at radius 1 is 1.45 bits per heavy atom. The SMILES string of the molecule is COCC(NS(=O)(=O)c1cc(C(=O)O)co1)c1ccc(C)o1. The molecule has 9 heteroatoms. The quantitative estimate of drug-likeness (QED) is 0.790. The van der Waals surface area contributed by atoms with Crippen LogP contribution in [0.15, 0.2) is 38.4 Å². The Kier molecular flexibility index (Phi) is 4.69. The Morgan fingerprint density at radius 3 is 2.68 bits per heavy atom. The fourth-order valence-corrected chi connectivity index (χ4v) is 2.93. The Hall–Kier alpha value is -2.10. The van der Waals surface area contributed by atoms with Gasteiger partial charge in [-0.3, -0.25) is 0 Å². The van der Waals surface area contributed by atoms with Crippen molar-refractivity contribution in [3.8, 4) is 0 Å². The van der Waals surface area contributed by atoms with E-state index in [1.54, 1.807) is 19.1 Å². The Morgan fingerprint density at radius 2 is 2.18 bits per heavy atom. The van der Waals surface area contributed by atoms with Gasteiger partial charge in [-0.25, -0.2) is 13.2 Å². The zero-order chi connectivity index (χ0) is 16.3. The fourth-order valence-electron chi connectivity index (χ4n) is 1.80. The molecule has 0 aliphatic heterocycles.